The molecule has 0 aliphatic rings. The van der Waals surface area contributed by atoms with Crippen molar-refractivity contribution in [3.8, 4) is 0 Å². The molecule has 0 radical (unpaired) electrons. The smallest absolute Gasteiger partial charge is 0.309 e. The molecule has 0 spiro atoms. The van der Waals surface area contributed by atoms with Crippen LogP contribution >= 0.6 is 0 Å². The molecule has 0 fully saturated rings. The first-order chi connectivity index (χ1) is 10.2. The van der Waals surface area contributed by atoms with Crippen LogP contribution < -0.4 is 0 Å². The van der Waals surface area contributed by atoms with Crippen LogP contribution in [0.25, 0.3) is 0 Å². The molecule has 0 saturated carbocycles. The lowest BCUT2D eigenvalue weighted by Crippen LogP contribution is -2.35. The standard InChI is InChI=1S/C19H36O3/c1-7-10-11-12-16(20)14-17(21)22-19(6,9-3)15-18(4,5)13-8-2/h9,16,20H,3,7-8,10-15H2,1-2,4-6H3. The molecule has 0 aromatic heterocycles. The van der Waals surface area contributed by atoms with E-state index >= 15 is 0 Å². The van der Waals surface area contributed by atoms with Gasteiger partial charge in [0.05, 0.1) is 12.5 Å². The Bertz CT molecular complexity index is 336. The van der Waals surface area contributed by atoms with E-state index in [4.69, 9.17) is 4.74 Å². The van der Waals surface area contributed by atoms with Gasteiger partial charge in [0.2, 0.25) is 0 Å². The Morgan fingerprint density at radius 1 is 1.23 bits per heavy atom. The van der Waals surface area contributed by atoms with Crippen molar-refractivity contribution in [3.63, 3.8) is 0 Å². The number of hydrogen-bond acceptors (Lipinski definition) is 3. The summed E-state index contributed by atoms with van der Waals surface area (Å²) < 4.78 is 5.63. The predicted molar refractivity (Wildman–Crippen MR) is 92.8 cm³/mol. The van der Waals surface area contributed by atoms with Crippen LogP contribution in [-0.2, 0) is 9.53 Å². The van der Waals surface area contributed by atoms with Gasteiger partial charge in [0.25, 0.3) is 0 Å². The Balaban J connectivity index is 4.46. The number of esters is 1. The average Bonchev–Trinajstić information content (AvgIpc) is 2.37. The molecule has 2 unspecified atom stereocenters. The maximum atomic E-state index is 12.1. The highest BCUT2D eigenvalue weighted by atomic mass is 16.6. The third-order valence-corrected chi connectivity index (χ3v) is 4.08. The van der Waals surface area contributed by atoms with E-state index in [0.29, 0.717) is 6.42 Å². The third kappa shape index (κ3) is 9.24. The minimum Gasteiger partial charge on any atom is -0.455 e. The first-order valence-electron chi connectivity index (χ1n) is 8.71. The van der Waals surface area contributed by atoms with Gasteiger partial charge in [0.15, 0.2) is 0 Å². The molecule has 3 nitrogen and oxygen atoms in total. The highest BCUT2D eigenvalue weighted by Gasteiger charge is 2.33. The van der Waals surface area contributed by atoms with Gasteiger partial charge < -0.3 is 9.84 Å². The maximum absolute atomic E-state index is 12.1. The maximum Gasteiger partial charge on any atom is 0.309 e. The molecule has 3 heteroatoms. The summed E-state index contributed by atoms with van der Waals surface area (Å²) in [5.41, 5.74) is -0.573. The Morgan fingerprint density at radius 3 is 2.36 bits per heavy atom. The number of aliphatic hydroxyl groups excluding tert-OH is 1. The number of unbranched alkanes of at least 4 members (excludes halogenated alkanes) is 2. The molecular formula is C19H36O3. The van der Waals surface area contributed by atoms with Crippen molar-refractivity contribution >= 4 is 5.97 Å². The zero-order valence-corrected chi connectivity index (χ0v) is 15.3. The number of carbonyl (C=O) groups excluding carboxylic acids is 1. The van der Waals surface area contributed by atoms with Gasteiger partial charge in [-0.15, -0.1) is 0 Å². The highest BCUT2D eigenvalue weighted by molar-refractivity contribution is 5.70. The Kier molecular flexibility index (Phi) is 9.66. The average molecular weight is 312 g/mol. The molecule has 0 aliphatic heterocycles. The second kappa shape index (κ2) is 10.0. The van der Waals surface area contributed by atoms with E-state index < -0.39 is 11.7 Å². The van der Waals surface area contributed by atoms with E-state index in [2.05, 4.69) is 34.3 Å². The number of aliphatic hydroxyl groups is 1. The van der Waals surface area contributed by atoms with Crippen LogP contribution in [0.5, 0.6) is 0 Å². The largest absolute Gasteiger partial charge is 0.455 e. The van der Waals surface area contributed by atoms with E-state index in [0.717, 1.165) is 38.5 Å². The molecule has 0 rings (SSSR count). The number of carbonyl (C=O) groups is 1. The summed E-state index contributed by atoms with van der Waals surface area (Å²) in [5, 5.41) is 9.91. The third-order valence-electron chi connectivity index (χ3n) is 4.08. The Labute approximate surface area is 137 Å². The number of ether oxygens (including phenoxy) is 1. The highest BCUT2D eigenvalue weighted by Crippen LogP contribution is 2.35. The van der Waals surface area contributed by atoms with Crippen LogP contribution in [0.15, 0.2) is 12.7 Å². The van der Waals surface area contributed by atoms with Gasteiger partial charge in [-0.25, -0.2) is 0 Å². The molecule has 2 atom stereocenters. The van der Waals surface area contributed by atoms with Crippen LogP contribution in [0.3, 0.4) is 0 Å². The fourth-order valence-corrected chi connectivity index (χ4v) is 3.09. The minimum atomic E-state index is -0.668. The van der Waals surface area contributed by atoms with E-state index in [-0.39, 0.29) is 17.8 Å². The van der Waals surface area contributed by atoms with E-state index in [9.17, 15) is 9.90 Å². The van der Waals surface area contributed by atoms with E-state index in [1.165, 1.54) is 0 Å². The fraction of sp³-hybridized carbons (Fsp3) is 0.842. The van der Waals surface area contributed by atoms with Crippen molar-refractivity contribution < 1.29 is 14.6 Å². The van der Waals surface area contributed by atoms with Crippen LogP contribution in [0.2, 0.25) is 0 Å². The van der Waals surface area contributed by atoms with Crippen LogP contribution in [0.4, 0.5) is 0 Å². The van der Waals surface area contributed by atoms with Gasteiger partial charge in [-0.3, -0.25) is 4.79 Å². The van der Waals surface area contributed by atoms with Crippen LogP contribution in [0, 0.1) is 5.41 Å². The van der Waals surface area contributed by atoms with Gasteiger partial charge in [0.1, 0.15) is 5.60 Å². The Morgan fingerprint density at radius 2 is 1.86 bits per heavy atom. The SMILES string of the molecule is C=CC(C)(CC(C)(C)CCC)OC(=O)CC(O)CCCCC. The summed E-state index contributed by atoms with van der Waals surface area (Å²) in [6.45, 7) is 14.4. The van der Waals surface area contributed by atoms with Crippen molar-refractivity contribution in [1.29, 1.82) is 0 Å². The second-order valence-electron chi connectivity index (χ2n) is 7.44. The molecule has 0 aromatic rings. The summed E-state index contributed by atoms with van der Waals surface area (Å²) in [6.07, 6.45) is 7.92. The number of rotatable bonds is 12. The van der Waals surface area contributed by atoms with Gasteiger partial charge in [-0.1, -0.05) is 60.0 Å². The fourth-order valence-electron chi connectivity index (χ4n) is 3.09. The topological polar surface area (TPSA) is 46.5 Å². The second-order valence-corrected chi connectivity index (χ2v) is 7.44. The van der Waals surface area contributed by atoms with Crippen LogP contribution in [-0.4, -0.2) is 22.8 Å². The Hall–Kier alpha value is -0.830. The van der Waals surface area contributed by atoms with E-state index in [1.807, 2.05) is 6.92 Å². The van der Waals surface area contributed by atoms with Crippen molar-refractivity contribution in [2.45, 2.75) is 97.7 Å². The quantitative estimate of drug-likeness (QED) is 0.312. The molecule has 0 aromatic carbocycles. The monoisotopic (exact) mass is 312 g/mol. The van der Waals surface area contributed by atoms with Crippen molar-refractivity contribution in [2.24, 2.45) is 5.41 Å². The summed E-state index contributed by atoms with van der Waals surface area (Å²) in [4.78, 5) is 12.1. The summed E-state index contributed by atoms with van der Waals surface area (Å²) in [5.74, 6) is -0.335. The predicted octanol–water partition coefficient (Wildman–Crippen LogP) is 5.02. The van der Waals surface area contributed by atoms with Crippen molar-refractivity contribution in [1.82, 2.24) is 0 Å². The van der Waals surface area contributed by atoms with Gasteiger partial charge in [0, 0.05) is 0 Å². The zero-order chi connectivity index (χ0) is 17.2. The lowest BCUT2D eigenvalue weighted by atomic mass is 9.78. The van der Waals surface area contributed by atoms with Gasteiger partial charge in [-0.2, -0.15) is 0 Å². The molecule has 0 bridgehead atoms. The van der Waals surface area contributed by atoms with Crippen molar-refractivity contribution in [3.05, 3.63) is 12.7 Å². The first kappa shape index (κ1) is 21.2. The summed E-state index contributed by atoms with van der Waals surface area (Å²) in [7, 11) is 0. The molecule has 130 valence electrons. The lowest BCUT2D eigenvalue weighted by Gasteiger charge is -2.35. The first-order valence-corrected chi connectivity index (χ1v) is 8.71. The minimum absolute atomic E-state index is 0.0708. The molecule has 0 heterocycles. The molecule has 0 amide bonds. The molecule has 22 heavy (non-hydrogen) atoms. The normalized spacial score (nSPS) is 15.9. The van der Waals surface area contributed by atoms with Gasteiger partial charge >= 0.3 is 5.97 Å². The molecule has 0 saturated heterocycles. The zero-order valence-electron chi connectivity index (χ0n) is 15.3. The van der Waals surface area contributed by atoms with Gasteiger partial charge in [-0.05, 0) is 37.7 Å². The van der Waals surface area contributed by atoms with Crippen molar-refractivity contribution in [2.75, 3.05) is 0 Å². The lowest BCUT2D eigenvalue weighted by molar-refractivity contribution is -0.158. The number of hydrogen-bond donors (Lipinski definition) is 1. The van der Waals surface area contributed by atoms with E-state index in [1.54, 1.807) is 6.08 Å². The summed E-state index contributed by atoms with van der Waals surface area (Å²) >= 11 is 0. The molecule has 1 N–H and O–H groups in total. The summed E-state index contributed by atoms with van der Waals surface area (Å²) in [6, 6.07) is 0. The molecular weight excluding hydrogens is 276 g/mol. The van der Waals surface area contributed by atoms with Crippen LogP contribution in [0.1, 0.15) is 86.0 Å². The molecule has 0 aliphatic carbocycles.